The highest BCUT2D eigenvalue weighted by Crippen LogP contribution is 2.58. The standard InChI is InChI=1S/C16H20ClNO2/c1-9-5-11-12-3-2-4-18-8-10(17)6-13(15(20)14(11)19)16(12,18)7-9/h6,9,11-12,20H,2-5,7-8H2,1H3. The number of carbonyl (C=O) groups is 1. The van der Waals surface area contributed by atoms with Gasteiger partial charge in [0.25, 0.3) is 0 Å². The molecular formula is C16H20ClNO2. The van der Waals surface area contributed by atoms with Crippen LogP contribution in [0.15, 0.2) is 22.4 Å². The van der Waals surface area contributed by atoms with Gasteiger partial charge < -0.3 is 5.11 Å². The Morgan fingerprint density at radius 3 is 3.10 bits per heavy atom. The summed E-state index contributed by atoms with van der Waals surface area (Å²) in [6.07, 6.45) is 6.07. The van der Waals surface area contributed by atoms with Crippen molar-refractivity contribution in [2.45, 2.75) is 38.1 Å². The number of hydrogen-bond acceptors (Lipinski definition) is 3. The maximum absolute atomic E-state index is 12.5. The van der Waals surface area contributed by atoms with E-state index >= 15 is 0 Å². The summed E-state index contributed by atoms with van der Waals surface area (Å²) < 4.78 is 0. The number of allylic oxidation sites excluding steroid dienone is 1. The number of hydrogen-bond donors (Lipinski definition) is 1. The molecule has 2 aliphatic carbocycles. The molecule has 2 bridgehead atoms. The van der Waals surface area contributed by atoms with Gasteiger partial charge in [-0.05, 0) is 50.1 Å². The van der Waals surface area contributed by atoms with Crippen molar-refractivity contribution >= 4 is 17.4 Å². The monoisotopic (exact) mass is 293 g/mol. The molecule has 4 heteroatoms. The van der Waals surface area contributed by atoms with Gasteiger partial charge in [0.15, 0.2) is 5.76 Å². The summed E-state index contributed by atoms with van der Waals surface area (Å²) in [5, 5.41) is 11.2. The van der Waals surface area contributed by atoms with Gasteiger partial charge >= 0.3 is 0 Å². The lowest BCUT2D eigenvalue weighted by Crippen LogP contribution is -2.67. The summed E-state index contributed by atoms with van der Waals surface area (Å²) in [7, 11) is 0. The number of halogens is 1. The van der Waals surface area contributed by atoms with Crippen molar-refractivity contribution in [3.8, 4) is 0 Å². The highest BCUT2D eigenvalue weighted by Gasteiger charge is 2.61. The summed E-state index contributed by atoms with van der Waals surface area (Å²) >= 11 is 6.27. The van der Waals surface area contributed by atoms with Gasteiger partial charge in [0, 0.05) is 23.1 Å². The number of aliphatic hydroxyl groups is 1. The number of piperidine rings is 1. The van der Waals surface area contributed by atoms with Crippen molar-refractivity contribution in [2.75, 3.05) is 13.1 Å². The van der Waals surface area contributed by atoms with E-state index in [4.69, 9.17) is 11.6 Å². The second kappa shape index (κ2) is 4.11. The van der Waals surface area contributed by atoms with Crippen LogP contribution in [-0.4, -0.2) is 34.4 Å². The van der Waals surface area contributed by atoms with Crippen LogP contribution in [0.2, 0.25) is 0 Å². The second-order valence-electron chi connectivity index (χ2n) is 6.96. The van der Waals surface area contributed by atoms with Gasteiger partial charge in [0.2, 0.25) is 5.78 Å². The van der Waals surface area contributed by atoms with E-state index < -0.39 is 0 Å². The number of rotatable bonds is 0. The number of aliphatic hydroxyl groups excluding tert-OH is 1. The lowest BCUT2D eigenvalue weighted by atomic mass is 9.52. The van der Waals surface area contributed by atoms with Crippen LogP contribution in [0.5, 0.6) is 0 Å². The van der Waals surface area contributed by atoms with Crippen molar-refractivity contribution in [1.29, 1.82) is 0 Å². The van der Waals surface area contributed by atoms with Crippen LogP contribution in [0.25, 0.3) is 0 Å². The minimum Gasteiger partial charge on any atom is -0.504 e. The molecule has 3 nitrogen and oxygen atoms in total. The van der Waals surface area contributed by atoms with Crippen LogP contribution < -0.4 is 0 Å². The van der Waals surface area contributed by atoms with E-state index in [1.165, 1.54) is 0 Å². The van der Waals surface area contributed by atoms with Crippen LogP contribution >= 0.6 is 11.6 Å². The quantitative estimate of drug-likeness (QED) is 0.746. The summed E-state index contributed by atoms with van der Waals surface area (Å²) in [6, 6.07) is 0. The van der Waals surface area contributed by atoms with Gasteiger partial charge in [-0.25, -0.2) is 0 Å². The van der Waals surface area contributed by atoms with Gasteiger partial charge in [-0.1, -0.05) is 18.5 Å². The van der Waals surface area contributed by atoms with Crippen LogP contribution in [0.1, 0.15) is 32.6 Å². The lowest BCUT2D eigenvalue weighted by Gasteiger charge is -2.62. The van der Waals surface area contributed by atoms with Crippen molar-refractivity contribution in [1.82, 2.24) is 4.90 Å². The Hall–Kier alpha value is -0.800. The van der Waals surface area contributed by atoms with E-state index in [0.29, 0.717) is 11.8 Å². The van der Waals surface area contributed by atoms with Gasteiger partial charge in [-0.15, -0.1) is 0 Å². The molecule has 0 amide bonds. The predicted octanol–water partition coefficient (Wildman–Crippen LogP) is 3.01. The van der Waals surface area contributed by atoms with E-state index in [1.807, 2.05) is 6.08 Å². The second-order valence-corrected chi connectivity index (χ2v) is 7.45. The lowest BCUT2D eigenvalue weighted by molar-refractivity contribution is -0.136. The molecule has 20 heavy (non-hydrogen) atoms. The Morgan fingerprint density at radius 1 is 1.50 bits per heavy atom. The zero-order valence-electron chi connectivity index (χ0n) is 11.7. The van der Waals surface area contributed by atoms with Crippen molar-refractivity contribution < 1.29 is 9.90 Å². The summed E-state index contributed by atoms with van der Waals surface area (Å²) in [6.45, 7) is 4.02. The van der Waals surface area contributed by atoms with Gasteiger partial charge in [-0.3, -0.25) is 9.69 Å². The smallest absolute Gasteiger partial charge is 0.200 e. The number of nitrogens with zero attached hydrogens (tertiary/aromatic N) is 1. The maximum Gasteiger partial charge on any atom is 0.200 e. The SMILES string of the molecule is CC1CC2C(=O)C(O)=C3C=C(Cl)CN4CCCC2C34C1. The molecule has 2 aliphatic heterocycles. The summed E-state index contributed by atoms with van der Waals surface area (Å²) in [5.74, 6) is 0.844. The molecule has 0 aromatic rings. The van der Waals surface area contributed by atoms with Gasteiger partial charge in [-0.2, -0.15) is 0 Å². The number of ketones is 1. The van der Waals surface area contributed by atoms with Crippen LogP contribution in [0.3, 0.4) is 0 Å². The maximum atomic E-state index is 12.5. The fourth-order valence-corrected chi connectivity index (χ4v) is 5.54. The largest absolute Gasteiger partial charge is 0.504 e. The van der Waals surface area contributed by atoms with Crippen LogP contribution in [0, 0.1) is 17.8 Å². The van der Waals surface area contributed by atoms with Crippen LogP contribution in [-0.2, 0) is 4.79 Å². The molecule has 108 valence electrons. The highest BCUT2D eigenvalue weighted by molar-refractivity contribution is 6.30. The Balaban J connectivity index is 1.99. The third kappa shape index (κ3) is 1.43. The third-order valence-electron chi connectivity index (χ3n) is 5.86. The zero-order chi connectivity index (χ0) is 14.1. The average molecular weight is 294 g/mol. The first kappa shape index (κ1) is 12.9. The molecule has 0 aromatic heterocycles. The fourth-order valence-electron chi connectivity index (χ4n) is 5.28. The third-order valence-corrected chi connectivity index (χ3v) is 6.09. The van der Waals surface area contributed by atoms with E-state index in [2.05, 4.69) is 11.8 Å². The molecule has 1 spiro atoms. The molecule has 2 fully saturated rings. The predicted molar refractivity (Wildman–Crippen MR) is 77.5 cm³/mol. The molecule has 1 N–H and O–H groups in total. The molecule has 1 saturated carbocycles. The molecule has 4 rings (SSSR count). The minimum absolute atomic E-state index is 0.00979. The summed E-state index contributed by atoms with van der Waals surface area (Å²) in [4.78, 5) is 15.0. The molecule has 0 radical (unpaired) electrons. The first-order valence-corrected chi connectivity index (χ1v) is 8.01. The van der Waals surface area contributed by atoms with E-state index in [0.717, 1.165) is 49.4 Å². The van der Waals surface area contributed by atoms with Crippen molar-refractivity contribution in [2.24, 2.45) is 17.8 Å². The molecule has 4 aliphatic rings. The Morgan fingerprint density at radius 2 is 2.30 bits per heavy atom. The molecule has 2 heterocycles. The molecular weight excluding hydrogens is 274 g/mol. The zero-order valence-corrected chi connectivity index (χ0v) is 12.5. The van der Waals surface area contributed by atoms with E-state index in [-0.39, 0.29) is 23.0 Å². The molecule has 0 aromatic carbocycles. The first-order chi connectivity index (χ1) is 9.54. The molecule has 4 atom stereocenters. The minimum atomic E-state index is -0.128. The Kier molecular flexibility index (Phi) is 2.65. The fraction of sp³-hybridized carbons (Fsp3) is 0.688. The van der Waals surface area contributed by atoms with E-state index in [9.17, 15) is 9.90 Å². The highest BCUT2D eigenvalue weighted by atomic mass is 35.5. The number of Topliss-reactive ketones (excluding diaryl/α,β-unsaturated/α-hetero) is 1. The Bertz CT molecular complexity index is 553. The average Bonchev–Trinajstić information content (AvgIpc) is 2.41. The normalized spacial score (nSPS) is 44.2. The van der Waals surface area contributed by atoms with Crippen molar-refractivity contribution in [3.63, 3.8) is 0 Å². The van der Waals surface area contributed by atoms with Crippen molar-refractivity contribution in [3.05, 3.63) is 22.4 Å². The van der Waals surface area contributed by atoms with Gasteiger partial charge in [0.1, 0.15) is 0 Å². The topological polar surface area (TPSA) is 40.5 Å². The molecule has 4 unspecified atom stereocenters. The molecule has 1 saturated heterocycles. The summed E-state index contributed by atoms with van der Waals surface area (Å²) in [5.41, 5.74) is 0.683. The van der Waals surface area contributed by atoms with Crippen LogP contribution in [0.4, 0.5) is 0 Å². The van der Waals surface area contributed by atoms with E-state index in [1.54, 1.807) is 0 Å². The number of carbonyl (C=O) groups excluding carboxylic acids is 1. The Labute approximate surface area is 124 Å². The first-order valence-electron chi connectivity index (χ1n) is 7.63. The van der Waals surface area contributed by atoms with Gasteiger partial charge in [0.05, 0.1) is 5.54 Å².